The molecule has 2 fully saturated rings. The van der Waals surface area contributed by atoms with Gasteiger partial charge in [-0.05, 0) is 38.9 Å². The van der Waals surface area contributed by atoms with Gasteiger partial charge in [0.05, 0.1) is 29.1 Å². The van der Waals surface area contributed by atoms with Gasteiger partial charge < -0.3 is 14.7 Å². The van der Waals surface area contributed by atoms with Crippen LogP contribution in [0.25, 0.3) is 0 Å². The van der Waals surface area contributed by atoms with Crippen molar-refractivity contribution in [2.24, 2.45) is 0 Å². The van der Waals surface area contributed by atoms with Crippen LogP contribution in [0.4, 0.5) is 0 Å². The van der Waals surface area contributed by atoms with E-state index in [1.807, 2.05) is 28.9 Å². The first-order valence-corrected chi connectivity index (χ1v) is 9.79. The summed E-state index contributed by atoms with van der Waals surface area (Å²) in [6, 6.07) is 3.67. The number of hydrogen-bond donors (Lipinski definition) is 1. The summed E-state index contributed by atoms with van der Waals surface area (Å²) in [5.41, 5.74) is 2.82. The molecule has 0 saturated carbocycles. The summed E-state index contributed by atoms with van der Waals surface area (Å²) in [4.78, 5) is 36.1. The minimum absolute atomic E-state index is 0.0202. The summed E-state index contributed by atoms with van der Waals surface area (Å²) in [7, 11) is 2.07. The van der Waals surface area contributed by atoms with E-state index in [2.05, 4.69) is 27.1 Å². The second-order valence-corrected chi connectivity index (χ2v) is 7.63. The van der Waals surface area contributed by atoms with Crippen LogP contribution < -0.4 is 0 Å². The van der Waals surface area contributed by atoms with Crippen molar-refractivity contribution in [1.29, 1.82) is 0 Å². The molecule has 2 aliphatic rings. The average Bonchev–Trinajstić information content (AvgIpc) is 3.37. The van der Waals surface area contributed by atoms with Gasteiger partial charge in [-0.25, -0.2) is 0 Å². The van der Waals surface area contributed by atoms with E-state index in [1.165, 1.54) is 0 Å². The number of nitrogens with one attached hydrogen (secondary N) is 1. The minimum atomic E-state index is -0.0606. The van der Waals surface area contributed by atoms with Crippen LogP contribution in [-0.4, -0.2) is 81.5 Å². The van der Waals surface area contributed by atoms with Gasteiger partial charge in [0, 0.05) is 44.6 Å². The van der Waals surface area contributed by atoms with Gasteiger partial charge in [-0.2, -0.15) is 5.10 Å². The smallest absolute Gasteiger partial charge is 0.257 e. The number of hydrogen-bond acceptors (Lipinski definition) is 5. The van der Waals surface area contributed by atoms with Gasteiger partial charge in [-0.15, -0.1) is 0 Å². The molecule has 8 nitrogen and oxygen atoms in total. The number of amides is 2. The number of H-pyrrole nitrogens is 1. The van der Waals surface area contributed by atoms with Crippen LogP contribution in [0.3, 0.4) is 0 Å². The summed E-state index contributed by atoms with van der Waals surface area (Å²) >= 11 is 0. The van der Waals surface area contributed by atoms with E-state index in [9.17, 15) is 9.59 Å². The second-order valence-electron chi connectivity index (χ2n) is 7.63. The number of rotatable bonds is 3. The number of aryl methyl sites for hydroxylation is 1. The highest BCUT2D eigenvalue weighted by atomic mass is 16.2. The molecule has 8 heteroatoms. The number of nitrogens with zero attached hydrogens (tertiary/aromatic N) is 5. The maximum Gasteiger partial charge on any atom is 0.257 e. The molecule has 0 spiro atoms. The van der Waals surface area contributed by atoms with Crippen LogP contribution in [0.2, 0.25) is 0 Å². The number of carbonyl (C=O) groups is 2. The molecule has 0 unspecified atom stereocenters. The summed E-state index contributed by atoms with van der Waals surface area (Å²) in [5, 5.41) is 6.78. The third-order valence-corrected chi connectivity index (χ3v) is 5.74. The molecule has 2 aromatic heterocycles. The molecular formula is C20H26N6O2. The third kappa shape index (κ3) is 3.52. The lowest BCUT2D eigenvalue weighted by Crippen LogP contribution is -2.47. The Kier molecular flexibility index (Phi) is 5.13. The zero-order chi connectivity index (χ0) is 19.7. The summed E-state index contributed by atoms with van der Waals surface area (Å²) in [6.07, 6.45) is 5.05. The predicted octanol–water partition coefficient (Wildman–Crippen LogP) is 1.48. The number of aromatic nitrogens is 3. The van der Waals surface area contributed by atoms with Crippen LogP contribution in [0.1, 0.15) is 51.0 Å². The lowest BCUT2D eigenvalue weighted by Gasteiger charge is -2.32. The highest BCUT2D eigenvalue weighted by Crippen LogP contribution is 2.32. The summed E-state index contributed by atoms with van der Waals surface area (Å²) in [6.45, 7) is 5.83. The van der Waals surface area contributed by atoms with E-state index >= 15 is 0 Å². The van der Waals surface area contributed by atoms with E-state index in [0.29, 0.717) is 17.7 Å². The fourth-order valence-electron chi connectivity index (χ4n) is 3.96. The molecule has 0 aliphatic carbocycles. The number of likely N-dealkylation sites (N-methyl/N-ethyl adjacent to an activating group) is 1. The molecular weight excluding hydrogens is 356 g/mol. The first kappa shape index (κ1) is 18.6. The number of carbonyl (C=O) groups excluding carboxylic acids is 2. The van der Waals surface area contributed by atoms with Gasteiger partial charge in [-0.1, -0.05) is 0 Å². The average molecular weight is 382 g/mol. The monoisotopic (exact) mass is 382 g/mol. The normalized spacial score (nSPS) is 20.6. The Balaban J connectivity index is 1.48. The molecule has 2 aromatic rings. The molecule has 0 bridgehead atoms. The number of pyridine rings is 1. The molecule has 2 amide bonds. The molecule has 1 atom stereocenters. The van der Waals surface area contributed by atoms with E-state index in [1.54, 1.807) is 12.4 Å². The molecule has 4 heterocycles. The van der Waals surface area contributed by atoms with Crippen LogP contribution in [0, 0.1) is 6.92 Å². The summed E-state index contributed by atoms with van der Waals surface area (Å²) in [5.74, 6) is 0.00802. The SMILES string of the molecule is Cc1[nH]ncc1C(=O)N1CCC[C@H]1c1ccc(C(=O)N2CCN(C)CC2)cn1. The van der Waals surface area contributed by atoms with Gasteiger partial charge in [-0.3, -0.25) is 19.7 Å². The van der Waals surface area contributed by atoms with Gasteiger partial charge in [0.1, 0.15) is 0 Å². The zero-order valence-electron chi connectivity index (χ0n) is 16.4. The van der Waals surface area contributed by atoms with Crippen LogP contribution in [-0.2, 0) is 0 Å². The Labute approximate surface area is 164 Å². The van der Waals surface area contributed by atoms with Crippen LogP contribution in [0.15, 0.2) is 24.5 Å². The van der Waals surface area contributed by atoms with E-state index in [-0.39, 0.29) is 17.9 Å². The first-order chi connectivity index (χ1) is 13.5. The van der Waals surface area contributed by atoms with E-state index < -0.39 is 0 Å². The van der Waals surface area contributed by atoms with Crippen LogP contribution in [0.5, 0.6) is 0 Å². The largest absolute Gasteiger partial charge is 0.336 e. The lowest BCUT2D eigenvalue weighted by molar-refractivity contribution is 0.0661. The molecule has 2 saturated heterocycles. The maximum absolute atomic E-state index is 12.9. The number of piperazine rings is 1. The Hall–Kier alpha value is -2.74. The van der Waals surface area contributed by atoms with Gasteiger partial charge in [0.2, 0.25) is 0 Å². The number of aromatic amines is 1. The molecule has 148 valence electrons. The standard InChI is InChI=1S/C20H26N6O2/c1-14-16(13-22-23-14)20(28)26-7-3-4-18(26)17-6-5-15(12-21-17)19(27)25-10-8-24(2)9-11-25/h5-6,12-13,18H,3-4,7-11H2,1-2H3,(H,22,23)/t18-/m0/s1. The Morgan fingerprint density at radius 1 is 1.07 bits per heavy atom. The molecule has 1 N–H and O–H groups in total. The second kappa shape index (κ2) is 7.71. The maximum atomic E-state index is 12.9. The predicted molar refractivity (Wildman–Crippen MR) is 104 cm³/mol. The molecule has 4 rings (SSSR count). The molecule has 0 radical (unpaired) electrons. The molecule has 0 aromatic carbocycles. The van der Waals surface area contributed by atoms with Gasteiger partial charge >= 0.3 is 0 Å². The van der Waals surface area contributed by atoms with Crippen molar-refractivity contribution in [3.63, 3.8) is 0 Å². The molecule has 2 aliphatic heterocycles. The quantitative estimate of drug-likeness (QED) is 0.869. The fourth-order valence-corrected chi connectivity index (χ4v) is 3.96. The van der Waals surface area contributed by atoms with Crippen molar-refractivity contribution >= 4 is 11.8 Å². The fraction of sp³-hybridized carbons (Fsp3) is 0.500. The Morgan fingerprint density at radius 2 is 1.86 bits per heavy atom. The van der Waals surface area contributed by atoms with Gasteiger partial charge in [0.25, 0.3) is 11.8 Å². The topological polar surface area (TPSA) is 85.4 Å². The van der Waals surface area contributed by atoms with Crippen molar-refractivity contribution in [3.8, 4) is 0 Å². The zero-order valence-corrected chi connectivity index (χ0v) is 16.4. The van der Waals surface area contributed by atoms with Crippen molar-refractivity contribution in [3.05, 3.63) is 47.0 Å². The minimum Gasteiger partial charge on any atom is -0.336 e. The first-order valence-electron chi connectivity index (χ1n) is 9.79. The third-order valence-electron chi connectivity index (χ3n) is 5.74. The number of likely N-dealkylation sites (tertiary alicyclic amines) is 1. The highest BCUT2D eigenvalue weighted by Gasteiger charge is 2.32. The van der Waals surface area contributed by atoms with Crippen molar-refractivity contribution in [1.82, 2.24) is 29.9 Å². The lowest BCUT2D eigenvalue weighted by atomic mass is 10.1. The van der Waals surface area contributed by atoms with Crippen LogP contribution >= 0.6 is 0 Å². The van der Waals surface area contributed by atoms with Crippen molar-refractivity contribution in [2.45, 2.75) is 25.8 Å². The Bertz CT molecular complexity index is 854. The van der Waals surface area contributed by atoms with Gasteiger partial charge in [0.15, 0.2) is 0 Å². The highest BCUT2D eigenvalue weighted by molar-refractivity contribution is 5.95. The van der Waals surface area contributed by atoms with Crippen molar-refractivity contribution < 1.29 is 9.59 Å². The summed E-state index contributed by atoms with van der Waals surface area (Å²) < 4.78 is 0. The van der Waals surface area contributed by atoms with Crippen molar-refractivity contribution in [2.75, 3.05) is 39.8 Å². The molecule has 28 heavy (non-hydrogen) atoms. The van der Waals surface area contributed by atoms with E-state index in [4.69, 9.17) is 0 Å². The Morgan fingerprint density at radius 3 is 2.50 bits per heavy atom. The van der Waals surface area contributed by atoms with E-state index in [0.717, 1.165) is 50.4 Å².